The summed E-state index contributed by atoms with van der Waals surface area (Å²) in [7, 11) is 1.26. The number of fused-ring (bicyclic) bond motifs is 1. The average Bonchev–Trinajstić information content (AvgIpc) is 2.43. The SMILES string of the molecule is COC(=O)COc1ccc2cc(C#N)c(=O)oc2c1. The van der Waals surface area contributed by atoms with E-state index < -0.39 is 11.6 Å². The van der Waals surface area contributed by atoms with Crippen molar-refractivity contribution in [3.05, 3.63) is 40.2 Å². The Morgan fingerprint density at radius 1 is 1.42 bits per heavy atom. The Morgan fingerprint density at radius 3 is 2.89 bits per heavy atom. The van der Waals surface area contributed by atoms with Crippen LogP contribution in [0.15, 0.2) is 33.5 Å². The predicted octanol–water partition coefficient (Wildman–Crippen LogP) is 1.22. The van der Waals surface area contributed by atoms with Crippen LogP contribution < -0.4 is 10.4 Å². The molecule has 0 aliphatic rings. The molecule has 0 saturated carbocycles. The maximum absolute atomic E-state index is 11.4. The molecule has 19 heavy (non-hydrogen) atoms. The van der Waals surface area contributed by atoms with Crippen LogP contribution in [-0.2, 0) is 9.53 Å². The van der Waals surface area contributed by atoms with E-state index in [0.29, 0.717) is 11.1 Å². The van der Waals surface area contributed by atoms with Crippen LogP contribution in [0.3, 0.4) is 0 Å². The maximum Gasteiger partial charge on any atom is 0.354 e. The van der Waals surface area contributed by atoms with E-state index >= 15 is 0 Å². The number of benzene rings is 1. The van der Waals surface area contributed by atoms with Crippen LogP contribution in [0, 0.1) is 11.3 Å². The number of carbonyl (C=O) groups excluding carboxylic acids is 1. The number of nitriles is 1. The van der Waals surface area contributed by atoms with Crippen molar-refractivity contribution in [2.24, 2.45) is 0 Å². The lowest BCUT2D eigenvalue weighted by Gasteiger charge is -2.05. The van der Waals surface area contributed by atoms with E-state index in [1.807, 2.05) is 0 Å². The highest BCUT2D eigenvalue weighted by molar-refractivity contribution is 5.79. The van der Waals surface area contributed by atoms with E-state index in [1.165, 1.54) is 19.2 Å². The Balaban J connectivity index is 2.34. The number of carbonyl (C=O) groups is 1. The molecule has 6 nitrogen and oxygen atoms in total. The van der Waals surface area contributed by atoms with Crippen molar-refractivity contribution in [1.82, 2.24) is 0 Å². The van der Waals surface area contributed by atoms with Gasteiger partial charge in [0, 0.05) is 11.5 Å². The molecule has 2 aromatic rings. The van der Waals surface area contributed by atoms with Crippen molar-refractivity contribution in [3.63, 3.8) is 0 Å². The summed E-state index contributed by atoms with van der Waals surface area (Å²) in [5, 5.41) is 9.32. The van der Waals surface area contributed by atoms with E-state index in [0.717, 1.165) is 0 Å². The predicted molar refractivity (Wildman–Crippen MR) is 64.7 cm³/mol. The molecule has 0 spiro atoms. The second-order valence-corrected chi connectivity index (χ2v) is 3.62. The van der Waals surface area contributed by atoms with Crippen molar-refractivity contribution in [1.29, 1.82) is 5.26 Å². The number of esters is 1. The van der Waals surface area contributed by atoms with Gasteiger partial charge < -0.3 is 13.9 Å². The van der Waals surface area contributed by atoms with E-state index in [2.05, 4.69) is 4.74 Å². The van der Waals surface area contributed by atoms with Gasteiger partial charge in [-0.15, -0.1) is 0 Å². The number of rotatable bonds is 3. The van der Waals surface area contributed by atoms with Crippen LogP contribution in [0.1, 0.15) is 5.56 Å². The molecule has 2 rings (SSSR count). The van der Waals surface area contributed by atoms with Crippen LogP contribution in [0.2, 0.25) is 0 Å². The van der Waals surface area contributed by atoms with Crippen LogP contribution in [0.25, 0.3) is 11.0 Å². The first-order valence-corrected chi connectivity index (χ1v) is 5.31. The van der Waals surface area contributed by atoms with Gasteiger partial charge in [0.2, 0.25) is 0 Å². The van der Waals surface area contributed by atoms with Crippen molar-refractivity contribution in [2.45, 2.75) is 0 Å². The molecule has 0 radical (unpaired) electrons. The van der Waals surface area contributed by atoms with Gasteiger partial charge in [0.1, 0.15) is 23.0 Å². The highest BCUT2D eigenvalue weighted by Gasteiger charge is 2.07. The fourth-order valence-corrected chi connectivity index (χ4v) is 1.46. The molecule has 0 amide bonds. The summed E-state index contributed by atoms with van der Waals surface area (Å²) in [6, 6.07) is 7.89. The zero-order chi connectivity index (χ0) is 13.8. The fourth-order valence-electron chi connectivity index (χ4n) is 1.46. The summed E-state index contributed by atoms with van der Waals surface area (Å²) >= 11 is 0. The number of hydrogen-bond acceptors (Lipinski definition) is 6. The minimum atomic E-state index is -0.708. The zero-order valence-electron chi connectivity index (χ0n) is 10.0. The standard InChI is InChI=1S/C13H9NO5/c1-17-12(15)7-18-10-3-2-8-4-9(6-14)13(16)19-11(8)5-10/h2-5H,7H2,1H3. The Bertz CT molecular complexity index is 726. The molecular weight excluding hydrogens is 250 g/mol. The van der Waals surface area contributed by atoms with Crippen LogP contribution in [0.5, 0.6) is 5.75 Å². The van der Waals surface area contributed by atoms with Crippen LogP contribution >= 0.6 is 0 Å². The molecular formula is C13H9NO5. The lowest BCUT2D eigenvalue weighted by molar-refractivity contribution is -0.142. The molecule has 0 atom stereocenters. The molecule has 0 N–H and O–H groups in total. The molecule has 1 aromatic heterocycles. The topological polar surface area (TPSA) is 89.5 Å². The largest absolute Gasteiger partial charge is 0.482 e. The molecule has 0 unspecified atom stereocenters. The second kappa shape index (κ2) is 5.23. The van der Waals surface area contributed by atoms with Gasteiger partial charge in [0.15, 0.2) is 6.61 Å². The molecule has 0 fully saturated rings. The van der Waals surface area contributed by atoms with E-state index in [1.54, 1.807) is 18.2 Å². The maximum atomic E-state index is 11.4. The molecule has 6 heteroatoms. The summed E-state index contributed by atoms with van der Waals surface area (Å²) in [6.07, 6.45) is 0. The van der Waals surface area contributed by atoms with Gasteiger partial charge in [-0.05, 0) is 18.2 Å². The third-order valence-electron chi connectivity index (χ3n) is 2.41. The summed E-state index contributed by atoms with van der Waals surface area (Å²) in [4.78, 5) is 22.3. The lowest BCUT2D eigenvalue weighted by Crippen LogP contribution is -2.12. The Labute approximate surface area is 107 Å². The van der Waals surface area contributed by atoms with Gasteiger partial charge in [-0.2, -0.15) is 5.26 Å². The number of ether oxygens (including phenoxy) is 2. The van der Waals surface area contributed by atoms with Gasteiger partial charge in [-0.3, -0.25) is 0 Å². The lowest BCUT2D eigenvalue weighted by atomic mass is 10.2. The molecule has 0 saturated heterocycles. The molecule has 0 bridgehead atoms. The second-order valence-electron chi connectivity index (χ2n) is 3.62. The van der Waals surface area contributed by atoms with Gasteiger partial charge in [0.25, 0.3) is 0 Å². The molecule has 0 aliphatic carbocycles. The van der Waals surface area contributed by atoms with Gasteiger partial charge >= 0.3 is 11.6 Å². The van der Waals surface area contributed by atoms with Crippen molar-refractivity contribution in [2.75, 3.05) is 13.7 Å². The quantitative estimate of drug-likeness (QED) is 0.608. The first kappa shape index (κ1) is 12.6. The minimum Gasteiger partial charge on any atom is -0.482 e. The van der Waals surface area contributed by atoms with Crippen LogP contribution in [-0.4, -0.2) is 19.7 Å². The normalized spacial score (nSPS) is 9.89. The summed E-state index contributed by atoms with van der Waals surface area (Å²) < 4.78 is 14.6. The number of nitrogens with zero attached hydrogens (tertiary/aromatic N) is 1. The highest BCUT2D eigenvalue weighted by atomic mass is 16.6. The van der Waals surface area contributed by atoms with Gasteiger partial charge in [-0.1, -0.05) is 0 Å². The Kier molecular flexibility index (Phi) is 3.48. The monoisotopic (exact) mass is 259 g/mol. The fraction of sp³-hybridized carbons (Fsp3) is 0.154. The minimum absolute atomic E-state index is 0.0595. The summed E-state index contributed by atoms with van der Waals surface area (Å²) in [6.45, 7) is -0.234. The third kappa shape index (κ3) is 2.72. The number of hydrogen-bond donors (Lipinski definition) is 0. The van der Waals surface area contributed by atoms with E-state index in [9.17, 15) is 9.59 Å². The average molecular weight is 259 g/mol. The summed E-state index contributed by atoms with van der Waals surface area (Å²) in [5.74, 6) is -0.146. The Morgan fingerprint density at radius 2 is 2.21 bits per heavy atom. The van der Waals surface area contributed by atoms with Crippen molar-refractivity contribution >= 4 is 16.9 Å². The van der Waals surface area contributed by atoms with E-state index in [4.69, 9.17) is 14.4 Å². The molecule has 1 aromatic carbocycles. The smallest absolute Gasteiger partial charge is 0.354 e. The van der Waals surface area contributed by atoms with Crippen LogP contribution in [0.4, 0.5) is 0 Å². The van der Waals surface area contributed by atoms with Gasteiger partial charge in [-0.25, -0.2) is 9.59 Å². The first-order valence-electron chi connectivity index (χ1n) is 5.31. The number of methoxy groups -OCH3 is 1. The zero-order valence-corrected chi connectivity index (χ0v) is 10.0. The molecule has 0 aliphatic heterocycles. The van der Waals surface area contributed by atoms with Gasteiger partial charge in [0.05, 0.1) is 7.11 Å². The van der Waals surface area contributed by atoms with Crippen molar-refractivity contribution in [3.8, 4) is 11.8 Å². The first-order chi connectivity index (χ1) is 9.13. The Hall–Kier alpha value is -2.81. The van der Waals surface area contributed by atoms with E-state index in [-0.39, 0.29) is 17.8 Å². The van der Waals surface area contributed by atoms with Crippen molar-refractivity contribution < 1.29 is 18.7 Å². The highest BCUT2D eigenvalue weighted by Crippen LogP contribution is 2.20. The summed E-state index contributed by atoms with van der Waals surface area (Å²) in [5.41, 5.74) is -0.484. The third-order valence-corrected chi connectivity index (χ3v) is 2.41. The molecule has 1 heterocycles. The molecule has 96 valence electrons.